The molecular formula is C43H60Cl2N8O9. The lowest BCUT2D eigenvalue weighted by Gasteiger charge is -2.38. The number of carbonyl (C=O) groups is 1. The fraction of sp³-hybridized carbons (Fsp3) is 0.558. The van der Waals surface area contributed by atoms with Crippen molar-refractivity contribution in [2.75, 3.05) is 48.7 Å². The van der Waals surface area contributed by atoms with Gasteiger partial charge in [0.15, 0.2) is 10.3 Å². The minimum absolute atomic E-state index is 0.0139. The summed E-state index contributed by atoms with van der Waals surface area (Å²) >= 11 is 13.5. The summed E-state index contributed by atoms with van der Waals surface area (Å²) in [4.78, 5) is 32.3. The predicted molar refractivity (Wildman–Crippen MR) is 234 cm³/mol. The zero-order valence-corrected chi connectivity index (χ0v) is 37.9. The summed E-state index contributed by atoms with van der Waals surface area (Å²) in [6, 6.07) is 13.9. The Bertz CT molecular complexity index is 2060. The first-order chi connectivity index (χ1) is 29.7. The van der Waals surface area contributed by atoms with E-state index in [1.54, 1.807) is 28.1 Å². The second-order valence-corrected chi connectivity index (χ2v) is 16.8. The van der Waals surface area contributed by atoms with Crippen LogP contribution in [-0.4, -0.2) is 149 Å². The van der Waals surface area contributed by atoms with E-state index >= 15 is 0 Å². The Hall–Kier alpha value is -3.69. The number of hydrogen-bond donors (Lipinski definition) is 7. The minimum Gasteiger partial charge on any atom is -0.453 e. The van der Waals surface area contributed by atoms with Crippen LogP contribution in [0.2, 0.25) is 10.3 Å². The van der Waals surface area contributed by atoms with Crippen molar-refractivity contribution in [1.82, 2.24) is 40.4 Å². The third kappa shape index (κ3) is 10.5. The van der Waals surface area contributed by atoms with E-state index in [0.717, 1.165) is 35.1 Å². The number of benzene rings is 2. The highest BCUT2D eigenvalue weighted by atomic mass is 35.5. The Kier molecular flexibility index (Phi) is 16.4. The quantitative estimate of drug-likeness (QED) is 0.0597. The summed E-state index contributed by atoms with van der Waals surface area (Å²) in [6.07, 6.45) is -2.93. The number of H-pyrrole nitrogens is 2. The fourth-order valence-corrected chi connectivity index (χ4v) is 9.20. The Labute approximate surface area is 372 Å². The molecule has 62 heavy (non-hydrogen) atoms. The number of aromatic nitrogens is 4. The molecule has 6 rings (SSSR count). The molecule has 0 bridgehead atoms. The maximum absolute atomic E-state index is 12.2. The number of ether oxygens (including phenoxy) is 5. The van der Waals surface area contributed by atoms with Gasteiger partial charge in [0.05, 0.1) is 61.5 Å². The van der Waals surface area contributed by atoms with Gasteiger partial charge in [-0.05, 0) is 57.1 Å². The molecule has 3 unspecified atom stereocenters. The maximum atomic E-state index is 12.2. The van der Waals surface area contributed by atoms with Crippen molar-refractivity contribution in [1.29, 1.82) is 0 Å². The first-order valence-electron chi connectivity index (χ1n) is 20.7. The van der Waals surface area contributed by atoms with E-state index < -0.39 is 49.3 Å². The SMILES string of the molecule is COC[C@H]1C[C@@H](c2nc(Cl)c(-c3ccc(-c4ccc(-c5[nH]c([C@@H]6CC[C@H](C)N6C(O)[C@@H](NC(=O)OC)[C@@H](C)OC)nc5Cl)cc4)cc3)[nH]2)N(C(O)[C@@H](NC(O)OC)[C@@H](C)OC)C1. The number of likely N-dealkylation sites (tertiary alicyclic amines) is 2. The maximum Gasteiger partial charge on any atom is 0.407 e. The lowest BCUT2D eigenvalue weighted by molar-refractivity contribution is -0.144. The standard InChI is InChI=1S/C43H60Cl2N8O9/c1-22-9-18-30(53(22)41(55)33(24(3)60-6)49-43(57)62-8)38-46-34(36(44)50-38)28-14-10-26(11-15-28)27-12-16-29(17-13-27)35-37(45)51-39(47-35)31-19-25(21-58-4)20-52(31)40(54)32(23(2)59-5)48-42(56)61-7/h10-17,22-25,30-33,40-42,48,54-56H,9,18-21H2,1-8H3,(H,46,50)(H,47,51)(H,49,57)/t22-,23+,24+,25-,30-,31-,32-,33-,40?,41?,42?/m0/s1. The smallest absolute Gasteiger partial charge is 0.407 e. The number of aromatic amines is 2. The number of nitrogens with zero attached hydrogens (tertiary/aromatic N) is 4. The molecule has 7 N–H and O–H groups in total. The number of alkyl carbamates (subject to hydrolysis) is 1. The van der Waals surface area contributed by atoms with E-state index in [1.807, 2.05) is 65.3 Å². The van der Waals surface area contributed by atoms with Gasteiger partial charge in [-0.25, -0.2) is 14.8 Å². The second-order valence-electron chi connectivity index (χ2n) is 16.0. The summed E-state index contributed by atoms with van der Waals surface area (Å²) in [6.45, 7) is 6.62. The van der Waals surface area contributed by atoms with E-state index in [0.29, 0.717) is 52.9 Å². The van der Waals surface area contributed by atoms with Crippen LogP contribution in [0.15, 0.2) is 48.5 Å². The lowest BCUT2D eigenvalue weighted by Crippen LogP contribution is -2.58. The van der Waals surface area contributed by atoms with E-state index in [-0.39, 0.29) is 24.0 Å². The molecule has 0 aliphatic carbocycles. The zero-order chi connectivity index (χ0) is 44.8. The molecule has 19 heteroatoms. The summed E-state index contributed by atoms with van der Waals surface area (Å²) in [5.41, 5.74) is 4.95. The second kappa shape index (κ2) is 21.3. The molecule has 1 amide bonds. The van der Waals surface area contributed by atoms with Gasteiger partial charge in [0.1, 0.15) is 24.1 Å². The van der Waals surface area contributed by atoms with Gasteiger partial charge in [0.25, 0.3) is 0 Å². The number of aliphatic hydroxyl groups excluding tert-OH is 3. The Morgan fingerprint density at radius 2 is 1.29 bits per heavy atom. The average Bonchev–Trinajstić information content (AvgIpc) is 4.08. The number of imidazole rings is 2. The van der Waals surface area contributed by atoms with Crippen molar-refractivity contribution < 1.29 is 43.8 Å². The Morgan fingerprint density at radius 3 is 1.79 bits per heavy atom. The molecule has 0 saturated carbocycles. The zero-order valence-electron chi connectivity index (χ0n) is 36.3. The summed E-state index contributed by atoms with van der Waals surface area (Å²) in [7, 11) is 7.36. The highest BCUT2D eigenvalue weighted by Gasteiger charge is 2.44. The van der Waals surface area contributed by atoms with Crippen LogP contribution in [0.4, 0.5) is 4.79 Å². The van der Waals surface area contributed by atoms with Gasteiger partial charge in [-0.3, -0.25) is 15.1 Å². The summed E-state index contributed by atoms with van der Waals surface area (Å²) in [5, 5.41) is 39.8. The lowest BCUT2D eigenvalue weighted by atomic mass is 10.0. The van der Waals surface area contributed by atoms with Crippen LogP contribution in [0, 0.1) is 5.92 Å². The van der Waals surface area contributed by atoms with Crippen LogP contribution in [0.5, 0.6) is 0 Å². The molecule has 2 aromatic heterocycles. The molecule has 2 aromatic carbocycles. The number of hydrogen-bond acceptors (Lipinski definition) is 14. The summed E-state index contributed by atoms with van der Waals surface area (Å²) in [5.74, 6) is 1.33. The van der Waals surface area contributed by atoms with Crippen molar-refractivity contribution in [2.24, 2.45) is 5.92 Å². The molecule has 11 atom stereocenters. The monoisotopic (exact) mass is 902 g/mol. The molecule has 0 spiro atoms. The van der Waals surface area contributed by atoms with Crippen molar-refractivity contribution in [3.05, 3.63) is 70.5 Å². The molecular weight excluding hydrogens is 843 g/mol. The molecule has 2 saturated heterocycles. The van der Waals surface area contributed by atoms with E-state index in [4.69, 9.17) is 56.9 Å². The Balaban J connectivity index is 1.18. The van der Waals surface area contributed by atoms with Gasteiger partial charge >= 0.3 is 6.09 Å². The number of carbonyl (C=O) groups excluding carboxylic acids is 1. The highest BCUT2D eigenvalue weighted by Crippen LogP contribution is 2.41. The van der Waals surface area contributed by atoms with Gasteiger partial charge in [-0.2, -0.15) is 0 Å². The molecule has 2 aliphatic heterocycles. The number of amides is 1. The molecule has 2 fully saturated rings. The van der Waals surface area contributed by atoms with Gasteiger partial charge in [0.2, 0.25) is 6.41 Å². The number of aliphatic hydroxyl groups is 3. The van der Waals surface area contributed by atoms with Gasteiger partial charge in [-0.1, -0.05) is 71.7 Å². The van der Waals surface area contributed by atoms with Crippen LogP contribution in [0.1, 0.15) is 63.8 Å². The van der Waals surface area contributed by atoms with Gasteiger partial charge in [-0.15, -0.1) is 0 Å². The van der Waals surface area contributed by atoms with Crippen LogP contribution in [-0.2, 0) is 23.7 Å². The van der Waals surface area contributed by atoms with Crippen LogP contribution in [0.3, 0.4) is 0 Å². The molecule has 340 valence electrons. The van der Waals surface area contributed by atoms with Crippen molar-refractivity contribution in [3.8, 4) is 33.6 Å². The van der Waals surface area contributed by atoms with Crippen LogP contribution < -0.4 is 10.6 Å². The molecule has 17 nitrogen and oxygen atoms in total. The van der Waals surface area contributed by atoms with Gasteiger partial charge < -0.3 is 54.3 Å². The van der Waals surface area contributed by atoms with E-state index in [1.165, 1.54) is 21.3 Å². The van der Waals surface area contributed by atoms with Crippen LogP contribution >= 0.6 is 23.2 Å². The first kappa shape index (κ1) is 47.8. The van der Waals surface area contributed by atoms with Crippen LogP contribution in [0.25, 0.3) is 33.6 Å². The third-order valence-electron chi connectivity index (χ3n) is 12.3. The average molecular weight is 904 g/mol. The predicted octanol–water partition coefficient (Wildman–Crippen LogP) is 5.29. The number of halogens is 2. The normalized spacial score (nSPS) is 23.2. The largest absolute Gasteiger partial charge is 0.453 e. The van der Waals surface area contributed by atoms with Gasteiger partial charge in [0, 0.05) is 52.2 Å². The summed E-state index contributed by atoms with van der Waals surface area (Å²) < 4.78 is 26.4. The molecule has 4 heterocycles. The Morgan fingerprint density at radius 1 is 0.774 bits per heavy atom. The molecule has 0 radical (unpaired) electrons. The van der Waals surface area contributed by atoms with E-state index in [2.05, 4.69) is 20.6 Å². The number of rotatable bonds is 19. The topological polar surface area (TPSA) is 212 Å². The molecule has 4 aromatic rings. The number of methoxy groups -OCH3 is 5. The fourth-order valence-electron chi connectivity index (χ4n) is 8.70. The first-order valence-corrected chi connectivity index (χ1v) is 21.5. The minimum atomic E-state index is -1.30. The third-order valence-corrected chi connectivity index (χ3v) is 12.8. The highest BCUT2D eigenvalue weighted by molar-refractivity contribution is 6.32. The van der Waals surface area contributed by atoms with E-state index in [9.17, 15) is 20.1 Å². The van der Waals surface area contributed by atoms with Crippen molar-refractivity contribution in [3.63, 3.8) is 0 Å². The molecule has 2 aliphatic rings. The van der Waals surface area contributed by atoms with Crippen molar-refractivity contribution >= 4 is 29.3 Å². The van der Waals surface area contributed by atoms with Crippen molar-refractivity contribution in [2.45, 2.75) is 101 Å². The number of nitrogens with one attached hydrogen (secondary N) is 4.